The molecule has 3 N–H and O–H groups in total. The Balaban J connectivity index is 1.73. The number of aliphatic carboxylic acids is 1. The molecular formula is C12H20N2O3. The van der Waals surface area contributed by atoms with Gasteiger partial charge in [-0.2, -0.15) is 0 Å². The molecule has 0 aromatic heterocycles. The fourth-order valence-electron chi connectivity index (χ4n) is 2.46. The van der Waals surface area contributed by atoms with Crippen LogP contribution in [-0.2, 0) is 4.79 Å². The molecule has 5 nitrogen and oxygen atoms in total. The Kier molecular flexibility index (Phi) is 3.54. The molecule has 0 aromatic carbocycles. The van der Waals surface area contributed by atoms with Crippen LogP contribution in [0, 0.1) is 5.92 Å². The fourth-order valence-corrected chi connectivity index (χ4v) is 2.46. The van der Waals surface area contributed by atoms with Gasteiger partial charge in [0.1, 0.15) is 0 Å². The monoisotopic (exact) mass is 240 g/mol. The number of carbonyl (C=O) groups excluding carboxylic acids is 1. The predicted octanol–water partition coefficient (Wildman–Crippen LogP) is 1.48. The number of urea groups is 1. The van der Waals surface area contributed by atoms with E-state index in [-0.39, 0.29) is 12.5 Å². The van der Waals surface area contributed by atoms with Crippen molar-refractivity contribution in [3.8, 4) is 0 Å². The van der Waals surface area contributed by atoms with Crippen LogP contribution < -0.4 is 10.6 Å². The lowest BCUT2D eigenvalue weighted by atomic mass is 9.74. The Bertz CT molecular complexity index is 309. The van der Waals surface area contributed by atoms with E-state index in [0.717, 1.165) is 25.8 Å². The molecule has 2 rings (SSSR count). The zero-order valence-corrected chi connectivity index (χ0v) is 10.00. The minimum Gasteiger partial charge on any atom is -0.481 e. The number of carboxylic acid groups (broad SMARTS) is 1. The van der Waals surface area contributed by atoms with Gasteiger partial charge in [-0.25, -0.2) is 4.79 Å². The minimum absolute atomic E-state index is 0.0316. The largest absolute Gasteiger partial charge is 0.481 e. The van der Waals surface area contributed by atoms with Crippen LogP contribution in [0.4, 0.5) is 4.79 Å². The van der Waals surface area contributed by atoms with Crippen molar-refractivity contribution < 1.29 is 14.7 Å². The quantitative estimate of drug-likeness (QED) is 0.681. The molecule has 96 valence electrons. The smallest absolute Gasteiger partial charge is 0.315 e. The Hall–Kier alpha value is -1.26. The van der Waals surface area contributed by atoms with Gasteiger partial charge < -0.3 is 15.7 Å². The molecule has 0 heterocycles. The maximum Gasteiger partial charge on any atom is 0.315 e. The molecule has 0 unspecified atom stereocenters. The Morgan fingerprint density at radius 2 is 1.94 bits per heavy atom. The third-order valence-corrected chi connectivity index (χ3v) is 3.96. The molecule has 5 heteroatoms. The molecule has 2 aliphatic rings. The predicted molar refractivity (Wildman–Crippen MR) is 62.7 cm³/mol. The molecule has 17 heavy (non-hydrogen) atoms. The molecular weight excluding hydrogens is 220 g/mol. The number of amides is 2. The topological polar surface area (TPSA) is 78.4 Å². The van der Waals surface area contributed by atoms with Gasteiger partial charge in [0, 0.05) is 6.54 Å². The van der Waals surface area contributed by atoms with Crippen molar-refractivity contribution in [1.82, 2.24) is 10.6 Å². The van der Waals surface area contributed by atoms with E-state index in [9.17, 15) is 9.59 Å². The van der Waals surface area contributed by atoms with Gasteiger partial charge in [0.25, 0.3) is 0 Å². The summed E-state index contributed by atoms with van der Waals surface area (Å²) in [6.45, 7) is 0.717. The van der Waals surface area contributed by atoms with Crippen LogP contribution in [-0.4, -0.2) is 29.2 Å². The van der Waals surface area contributed by atoms with Gasteiger partial charge in [-0.15, -0.1) is 0 Å². The molecule has 0 saturated heterocycles. The van der Waals surface area contributed by atoms with Crippen LogP contribution in [0.25, 0.3) is 0 Å². The first-order chi connectivity index (χ1) is 8.10. The Morgan fingerprint density at radius 3 is 2.35 bits per heavy atom. The molecule has 2 fully saturated rings. The van der Waals surface area contributed by atoms with Gasteiger partial charge >= 0.3 is 12.0 Å². The van der Waals surface area contributed by atoms with E-state index in [2.05, 4.69) is 10.6 Å². The second kappa shape index (κ2) is 4.94. The first kappa shape index (κ1) is 12.2. The summed E-state index contributed by atoms with van der Waals surface area (Å²) in [6, 6.07) is -0.210. The Labute approximate surface area is 101 Å². The van der Waals surface area contributed by atoms with Crippen molar-refractivity contribution in [1.29, 1.82) is 0 Å². The van der Waals surface area contributed by atoms with Crippen molar-refractivity contribution in [3.05, 3.63) is 0 Å². The van der Waals surface area contributed by atoms with E-state index >= 15 is 0 Å². The average molecular weight is 240 g/mol. The zero-order valence-electron chi connectivity index (χ0n) is 10.00. The summed E-state index contributed by atoms with van der Waals surface area (Å²) in [5.41, 5.74) is -0.491. The highest BCUT2D eigenvalue weighted by molar-refractivity contribution is 5.77. The van der Waals surface area contributed by atoms with E-state index in [4.69, 9.17) is 5.11 Å². The first-order valence-electron chi connectivity index (χ1n) is 6.37. The highest BCUT2D eigenvalue weighted by Crippen LogP contribution is 2.34. The number of rotatable bonds is 5. The van der Waals surface area contributed by atoms with Crippen molar-refractivity contribution >= 4 is 12.0 Å². The number of carboxylic acids is 1. The zero-order chi connectivity index (χ0) is 12.3. The van der Waals surface area contributed by atoms with Crippen LogP contribution in [0.5, 0.6) is 0 Å². The van der Waals surface area contributed by atoms with Crippen molar-refractivity contribution in [3.63, 3.8) is 0 Å². The highest BCUT2D eigenvalue weighted by Gasteiger charge is 2.40. The highest BCUT2D eigenvalue weighted by atomic mass is 16.4. The third-order valence-electron chi connectivity index (χ3n) is 3.96. The lowest BCUT2D eigenvalue weighted by molar-refractivity contribution is -0.139. The number of carbonyl (C=O) groups is 2. The van der Waals surface area contributed by atoms with E-state index in [1.807, 2.05) is 0 Å². The van der Waals surface area contributed by atoms with Gasteiger partial charge in [0.05, 0.1) is 12.0 Å². The molecule has 0 aromatic rings. The summed E-state index contributed by atoms with van der Waals surface area (Å²) in [4.78, 5) is 22.4. The van der Waals surface area contributed by atoms with Crippen LogP contribution >= 0.6 is 0 Å². The van der Waals surface area contributed by atoms with Gasteiger partial charge in [-0.3, -0.25) is 4.79 Å². The molecule has 0 spiro atoms. The first-order valence-corrected chi connectivity index (χ1v) is 6.37. The Morgan fingerprint density at radius 1 is 1.24 bits per heavy atom. The average Bonchev–Trinajstić information content (AvgIpc) is 2.11. The van der Waals surface area contributed by atoms with E-state index in [1.54, 1.807) is 0 Å². The second-order valence-electron chi connectivity index (χ2n) is 5.34. The second-order valence-corrected chi connectivity index (χ2v) is 5.34. The van der Waals surface area contributed by atoms with E-state index < -0.39 is 11.5 Å². The minimum atomic E-state index is -0.844. The lowest BCUT2D eigenvalue weighted by Crippen LogP contribution is -2.57. The molecule has 0 atom stereocenters. The number of hydrogen-bond donors (Lipinski definition) is 3. The summed E-state index contributed by atoms with van der Waals surface area (Å²) in [6.07, 6.45) is 6.23. The summed E-state index contributed by atoms with van der Waals surface area (Å²) in [7, 11) is 0. The van der Waals surface area contributed by atoms with E-state index in [1.165, 1.54) is 19.3 Å². The molecule has 2 saturated carbocycles. The van der Waals surface area contributed by atoms with Crippen LogP contribution in [0.1, 0.15) is 44.9 Å². The SMILES string of the molecule is O=C(O)CC1(NC(=O)NCC2CCC2)CCC1. The maximum absolute atomic E-state index is 11.7. The third kappa shape index (κ3) is 3.11. The molecule has 0 radical (unpaired) electrons. The van der Waals surface area contributed by atoms with E-state index in [0.29, 0.717) is 5.92 Å². The molecule has 0 bridgehead atoms. The fraction of sp³-hybridized carbons (Fsp3) is 0.833. The summed E-state index contributed by atoms with van der Waals surface area (Å²) < 4.78 is 0. The van der Waals surface area contributed by atoms with Gasteiger partial charge in [0.15, 0.2) is 0 Å². The van der Waals surface area contributed by atoms with Crippen molar-refractivity contribution in [2.24, 2.45) is 5.92 Å². The summed E-state index contributed by atoms with van der Waals surface area (Å²) >= 11 is 0. The summed E-state index contributed by atoms with van der Waals surface area (Å²) in [5.74, 6) is -0.221. The van der Waals surface area contributed by atoms with Gasteiger partial charge in [0.2, 0.25) is 0 Å². The maximum atomic E-state index is 11.7. The van der Waals surface area contributed by atoms with Crippen LogP contribution in [0.15, 0.2) is 0 Å². The molecule has 0 aliphatic heterocycles. The number of hydrogen-bond acceptors (Lipinski definition) is 2. The standard InChI is InChI=1S/C12H20N2O3/c15-10(16)7-12(5-2-6-12)14-11(17)13-8-9-3-1-4-9/h9H,1-8H2,(H,15,16)(H2,13,14,17). The molecule has 2 aliphatic carbocycles. The molecule has 2 amide bonds. The lowest BCUT2D eigenvalue weighted by Gasteiger charge is -2.41. The van der Waals surface area contributed by atoms with Gasteiger partial charge in [-0.1, -0.05) is 6.42 Å². The van der Waals surface area contributed by atoms with Gasteiger partial charge in [-0.05, 0) is 38.0 Å². The van der Waals surface area contributed by atoms with Crippen molar-refractivity contribution in [2.45, 2.75) is 50.5 Å². The van der Waals surface area contributed by atoms with Crippen molar-refractivity contribution in [2.75, 3.05) is 6.54 Å². The summed E-state index contributed by atoms with van der Waals surface area (Å²) in [5, 5.41) is 14.5. The number of nitrogens with one attached hydrogen (secondary N) is 2. The van der Waals surface area contributed by atoms with Crippen LogP contribution in [0.2, 0.25) is 0 Å². The normalized spacial score (nSPS) is 22.1. The van der Waals surface area contributed by atoms with Crippen LogP contribution in [0.3, 0.4) is 0 Å².